The lowest BCUT2D eigenvalue weighted by Gasteiger charge is -2.17. The molecule has 10 heteroatoms. The average molecular weight is 406 g/mol. The number of imide groups is 1. The van der Waals surface area contributed by atoms with E-state index in [1.165, 1.54) is 19.1 Å². The summed E-state index contributed by atoms with van der Waals surface area (Å²) in [5, 5.41) is 0. The van der Waals surface area contributed by atoms with E-state index >= 15 is 0 Å². The number of carbonyl (C=O) groups excluding carboxylic acids is 3. The molecule has 28 heavy (non-hydrogen) atoms. The number of amides is 2. The molecule has 2 amide bonds. The lowest BCUT2D eigenvalue weighted by atomic mass is 10.1. The standard InChI is InChI=1S/C18H15FN2O6S/c1-11(20-28(25,26)13-8-6-12(19)7-9-13)18(24)27-10-21-16(22)14-4-2-3-5-15(14)17(21)23/h2-9,11,20H,10H2,1H3/t11-/m0/s1. The Balaban J connectivity index is 1.62. The van der Waals surface area contributed by atoms with E-state index in [0.717, 1.165) is 29.2 Å². The first-order valence-corrected chi connectivity index (χ1v) is 9.59. The van der Waals surface area contributed by atoms with E-state index in [9.17, 15) is 27.2 Å². The first kappa shape index (κ1) is 19.6. The maximum Gasteiger partial charge on any atom is 0.325 e. The van der Waals surface area contributed by atoms with Crippen molar-refractivity contribution in [3.63, 3.8) is 0 Å². The van der Waals surface area contributed by atoms with Crippen molar-refractivity contribution in [1.82, 2.24) is 9.62 Å². The van der Waals surface area contributed by atoms with E-state index in [1.54, 1.807) is 12.1 Å². The van der Waals surface area contributed by atoms with Crippen LogP contribution in [0.1, 0.15) is 27.6 Å². The number of nitrogens with one attached hydrogen (secondary N) is 1. The number of ether oxygens (including phenoxy) is 1. The van der Waals surface area contributed by atoms with Crippen LogP contribution in [-0.4, -0.2) is 43.9 Å². The van der Waals surface area contributed by atoms with E-state index in [0.29, 0.717) is 0 Å². The molecule has 0 aliphatic carbocycles. The predicted octanol–water partition coefficient (Wildman–Crippen LogP) is 1.29. The van der Waals surface area contributed by atoms with E-state index in [4.69, 9.17) is 4.74 Å². The van der Waals surface area contributed by atoms with Crippen molar-refractivity contribution >= 4 is 27.8 Å². The first-order chi connectivity index (χ1) is 13.2. The second kappa shape index (κ2) is 7.49. The molecule has 0 bridgehead atoms. The minimum absolute atomic E-state index is 0.202. The van der Waals surface area contributed by atoms with Crippen LogP contribution in [0.2, 0.25) is 0 Å². The Morgan fingerprint density at radius 1 is 1.07 bits per heavy atom. The molecular formula is C18H15FN2O6S. The normalized spacial score (nSPS) is 14.7. The molecule has 0 spiro atoms. The summed E-state index contributed by atoms with van der Waals surface area (Å²) in [7, 11) is -4.09. The maximum atomic E-state index is 12.9. The maximum absolute atomic E-state index is 12.9. The van der Waals surface area contributed by atoms with Crippen LogP contribution in [0.4, 0.5) is 4.39 Å². The van der Waals surface area contributed by atoms with Crippen LogP contribution >= 0.6 is 0 Å². The number of halogens is 1. The quantitative estimate of drug-likeness (QED) is 0.572. The van der Waals surface area contributed by atoms with Gasteiger partial charge in [-0.15, -0.1) is 0 Å². The van der Waals surface area contributed by atoms with Crippen molar-refractivity contribution in [2.24, 2.45) is 0 Å². The third-order valence-electron chi connectivity index (χ3n) is 4.02. The van der Waals surface area contributed by atoms with E-state index in [2.05, 4.69) is 4.72 Å². The fourth-order valence-corrected chi connectivity index (χ4v) is 3.76. The summed E-state index contributed by atoms with van der Waals surface area (Å²) in [6.07, 6.45) is 0. The highest BCUT2D eigenvalue weighted by Gasteiger charge is 2.36. The summed E-state index contributed by atoms with van der Waals surface area (Å²) < 4.78 is 44.4. The zero-order chi connectivity index (χ0) is 20.5. The molecular weight excluding hydrogens is 391 g/mol. The average Bonchev–Trinajstić information content (AvgIpc) is 2.90. The van der Waals surface area contributed by atoms with Gasteiger partial charge in [-0.25, -0.2) is 17.7 Å². The van der Waals surface area contributed by atoms with Gasteiger partial charge in [-0.2, -0.15) is 4.72 Å². The Kier molecular flexibility index (Phi) is 5.25. The molecule has 1 N–H and O–H groups in total. The van der Waals surface area contributed by atoms with Crippen molar-refractivity contribution in [3.8, 4) is 0 Å². The van der Waals surface area contributed by atoms with Gasteiger partial charge in [-0.1, -0.05) is 12.1 Å². The Hall–Kier alpha value is -3.11. The van der Waals surface area contributed by atoms with Gasteiger partial charge in [0, 0.05) is 0 Å². The number of hydrogen-bond donors (Lipinski definition) is 1. The minimum atomic E-state index is -4.09. The molecule has 1 aliphatic rings. The summed E-state index contributed by atoms with van der Waals surface area (Å²) in [4.78, 5) is 37.0. The molecule has 1 heterocycles. The molecule has 146 valence electrons. The summed E-state index contributed by atoms with van der Waals surface area (Å²) in [5.74, 6) is -2.80. The molecule has 0 unspecified atom stereocenters. The number of rotatable bonds is 6. The van der Waals surface area contributed by atoms with Gasteiger partial charge in [-0.3, -0.25) is 14.4 Å². The number of benzene rings is 2. The van der Waals surface area contributed by atoms with Gasteiger partial charge in [0.1, 0.15) is 11.9 Å². The highest BCUT2D eigenvalue weighted by atomic mass is 32.2. The summed E-state index contributed by atoms with van der Waals surface area (Å²) >= 11 is 0. The van der Waals surface area contributed by atoms with Crippen LogP contribution in [0.5, 0.6) is 0 Å². The zero-order valence-corrected chi connectivity index (χ0v) is 15.4. The van der Waals surface area contributed by atoms with Crippen molar-refractivity contribution in [3.05, 3.63) is 65.5 Å². The third kappa shape index (κ3) is 3.78. The van der Waals surface area contributed by atoms with E-state index < -0.39 is 46.4 Å². The molecule has 2 aromatic carbocycles. The molecule has 0 saturated carbocycles. The highest BCUT2D eigenvalue weighted by Crippen LogP contribution is 2.22. The number of nitrogens with zero attached hydrogens (tertiary/aromatic N) is 1. The molecule has 1 atom stereocenters. The molecule has 0 aromatic heterocycles. The first-order valence-electron chi connectivity index (χ1n) is 8.10. The Morgan fingerprint density at radius 3 is 2.14 bits per heavy atom. The van der Waals surface area contributed by atoms with Crippen molar-refractivity contribution in [1.29, 1.82) is 0 Å². The van der Waals surface area contributed by atoms with Crippen molar-refractivity contribution in [2.75, 3.05) is 6.73 Å². The molecule has 0 saturated heterocycles. The fourth-order valence-electron chi connectivity index (χ4n) is 2.57. The second-order valence-electron chi connectivity index (χ2n) is 5.97. The van der Waals surface area contributed by atoms with Crippen LogP contribution in [0.3, 0.4) is 0 Å². The van der Waals surface area contributed by atoms with E-state index in [1.807, 2.05) is 0 Å². The largest absolute Gasteiger partial charge is 0.442 e. The van der Waals surface area contributed by atoms with Gasteiger partial charge in [0.05, 0.1) is 16.0 Å². The summed E-state index contributed by atoms with van der Waals surface area (Å²) in [6.45, 7) is 0.597. The lowest BCUT2D eigenvalue weighted by Crippen LogP contribution is -2.42. The smallest absolute Gasteiger partial charge is 0.325 e. The second-order valence-corrected chi connectivity index (χ2v) is 7.69. The zero-order valence-electron chi connectivity index (χ0n) is 14.6. The van der Waals surface area contributed by atoms with Gasteiger partial charge in [0.2, 0.25) is 10.0 Å². The fraction of sp³-hybridized carbons (Fsp3) is 0.167. The molecule has 8 nitrogen and oxygen atoms in total. The minimum Gasteiger partial charge on any atom is -0.442 e. The predicted molar refractivity (Wildman–Crippen MR) is 94.1 cm³/mol. The number of fused-ring (bicyclic) bond motifs is 1. The van der Waals surface area contributed by atoms with Crippen LogP contribution in [0.25, 0.3) is 0 Å². The Labute approximate surface area is 160 Å². The number of esters is 1. The van der Waals surface area contributed by atoms with Gasteiger partial charge >= 0.3 is 5.97 Å². The summed E-state index contributed by atoms with van der Waals surface area (Å²) in [6, 6.07) is 8.92. The van der Waals surface area contributed by atoms with Crippen molar-refractivity contribution < 1.29 is 31.9 Å². The lowest BCUT2D eigenvalue weighted by molar-refractivity contribution is -0.147. The van der Waals surface area contributed by atoms with Gasteiger partial charge in [0.15, 0.2) is 6.73 Å². The molecule has 0 fully saturated rings. The van der Waals surface area contributed by atoms with Crippen molar-refractivity contribution in [2.45, 2.75) is 17.9 Å². The summed E-state index contributed by atoms with van der Waals surface area (Å²) in [5.41, 5.74) is 0.405. The monoisotopic (exact) mass is 406 g/mol. The van der Waals surface area contributed by atoms with Gasteiger partial charge < -0.3 is 4.74 Å². The van der Waals surface area contributed by atoms with Crippen LogP contribution in [0, 0.1) is 5.82 Å². The van der Waals surface area contributed by atoms with Crippen LogP contribution in [0.15, 0.2) is 53.4 Å². The topological polar surface area (TPSA) is 110 Å². The molecule has 3 rings (SSSR count). The van der Waals surface area contributed by atoms with E-state index in [-0.39, 0.29) is 16.0 Å². The molecule has 2 aromatic rings. The number of sulfonamides is 1. The van der Waals surface area contributed by atoms with Crippen LogP contribution in [-0.2, 0) is 19.6 Å². The van der Waals surface area contributed by atoms with Gasteiger partial charge in [-0.05, 0) is 43.3 Å². The van der Waals surface area contributed by atoms with Crippen LogP contribution < -0.4 is 4.72 Å². The van der Waals surface area contributed by atoms with Gasteiger partial charge in [0.25, 0.3) is 11.8 Å². The third-order valence-corrected chi connectivity index (χ3v) is 5.58. The highest BCUT2D eigenvalue weighted by molar-refractivity contribution is 7.89. The molecule has 0 radical (unpaired) electrons. The SMILES string of the molecule is C[C@H](NS(=O)(=O)c1ccc(F)cc1)C(=O)OCN1C(=O)c2ccccc2C1=O. The Bertz CT molecular complexity index is 1020. The molecule has 1 aliphatic heterocycles. The number of hydrogen-bond acceptors (Lipinski definition) is 6. The Morgan fingerprint density at radius 2 is 1.61 bits per heavy atom. The number of carbonyl (C=O) groups is 3.